The Bertz CT molecular complexity index is 364. The first kappa shape index (κ1) is 13.2. The molecular formula is C8H8F3NO2S2. The zero-order chi connectivity index (χ0) is 12.2. The summed E-state index contributed by atoms with van der Waals surface area (Å²) in [7, 11) is 0. The summed E-state index contributed by atoms with van der Waals surface area (Å²) in [5, 5.41) is 1.61. The van der Waals surface area contributed by atoms with E-state index in [4.69, 9.17) is 5.73 Å². The minimum absolute atomic E-state index is 0.219. The van der Waals surface area contributed by atoms with Gasteiger partial charge in [0.2, 0.25) is 0 Å². The first-order valence-electron chi connectivity index (χ1n) is 4.11. The van der Waals surface area contributed by atoms with Crippen LogP contribution in [-0.2, 0) is 4.74 Å². The zero-order valence-corrected chi connectivity index (χ0v) is 9.55. The van der Waals surface area contributed by atoms with Gasteiger partial charge in [-0.3, -0.25) is 0 Å². The third-order valence-electron chi connectivity index (χ3n) is 1.46. The number of thiophene rings is 1. The molecule has 0 aliphatic rings. The predicted octanol–water partition coefficient (Wildman–Crippen LogP) is 2.74. The number of thioether (sulfide) groups is 1. The van der Waals surface area contributed by atoms with Gasteiger partial charge in [-0.2, -0.15) is 13.2 Å². The predicted molar refractivity (Wildman–Crippen MR) is 57.5 cm³/mol. The molecule has 16 heavy (non-hydrogen) atoms. The molecule has 3 nitrogen and oxygen atoms in total. The van der Waals surface area contributed by atoms with Crippen LogP contribution in [0.15, 0.2) is 11.4 Å². The topological polar surface area (TPSA) is 52.3 Å². The van der Waals surface area contributed by atoms with Crippen LogP contribution in [0.3, 0.4) is 0 Å². The van der Waals surface area contributed by atoms with Crippen molar-refractivity contribution in [3.8, 4) is 0 Å². The number of ether oxygens (including phenoxy) is 1. The molecule has 90 valence electrons. The highest BCUT2D eigenvalue weighted by Crippen LogP contribution is 2.29. The lowest BCUT2D eigenvalue weighted by Crippen LogP contribution is -2.10. The maximum Gasteiger partial charge on any atom is 0.441 e. The number of hydrogen-bond acceptors (Lipinski definition) is 5. The van der Waals surface area contributed by atoms with Gasteiger partial charge in [0, 0.05) is 5.75 Å². The third-order valence-corrected chi connectivity index (χ3v) is 3.07. The molecule has 0 saturated heterocycles. The zero-order valence-electron chi connectivity index (χ0n) is 7.91. The van der Waals surface area contributed by atoms with E-state index < -0.39 is 11.5 Å². The molecule has 0 aromatic carbocycles. The van der Waals surface area contributed by atoms with E-state index in [1.807, 2.05) is 0 Å². The van der Waals surface area contributed by atoms with E-state index >= 15 is 0 Å². The van der Waals surface area contributed by atoms with Crippen molar-refractivity contribution in [1.29, 1.82) is 0 Å². The summed E-state index contributed by atoms with van der Waals surface area (Å²) >= 11 is 0.865. The first-order chi connectivity index (χ1) is 7.40. The van der Waals surface area contributed by atoms with Gasteiger partial charge in [-0.1, -0.05) is 0 Å². The van der Waals surface area contributed by atoms with E-state index in [0.717, 1.165) is 11.3 Å². The summed E-state index contributed by atoms with van der Waals surface area (Å²) in [5.41, 5.74) is 1.42. The number of alkyl halides is 3. The maximum atomic E-state index is 11.7. The molecule has 0 spiro atoms. The van der Waals surface area contributed by atoms with Gasteiger partial charge in [-0.05, 0) is 23.2 Å². The van der Waals surface area contributed by atoms with Gasteiger partial charge in [0.05, 0.1) is 5.69 Å². The Balaban J connectivity index is 2.29. The summed E-state index contributed by atoms with van der Waals surface area (Å²) in [6.07, 6.45) is 0. The lowest BCUT2D eigenvalue weighted by molar-refractivity contribution is -0.0331. The molecule has 1 aromatic heterocycles. The standard InChI is InChI=1S/C8H8F3NO2S2/c9-8(10,11)16-4-2-14-7(13)6-5(12)1-3-15-6/h1,3H,2,4,12H2. The largest absolute Gasteiger partial charge is 0.461 e. The molecule has 0 aliphatic heterocycles. The van der Waals surface area contributed by atoms with Crippen LogP contribution < -0.4 is 5.73 Å². The lowest BCUT2D eigenvalue weighted by Gasteiger charge is -2.06. The molecule has 1 aromatic rings. The Kier molecular flexibility index (Phi) is 4.48. The van der Waals surface area contributed by atoms with Crippen LogP contribution in [0.1, 0.15) is 9.67 Å². The number of rotatable bonds is 4. The summed E-state index contributed by atoms with van der Waals surface area (Å²) in [6, 6.07) is 1.53. The molecule has 0 unspecified atom stereocenters. The molecule has 0 amide bonds. The van der Waals surface area contributed by atoms with Crippen molar-refractivity contribution >= 4 is 34.8 Å². The number of nitrogens with two attached hydrogens (primary N) is 1. The van der Waals surface area contributed by atoms with Crippen LogP contribution in [0.2, 0.25) is 0 Å². The van der Waals surface area contributed by atoms with Crippen molar-refractivity contribution in [3.05, 3.63) is 16.3 Å². The molecule has 2 N–H and O–H groups in total. The van der Waals surface area contributed by atoms with Crippen LogP contribution in [0.5, 0.6) is 0 Å². The van der Waals surface area contributed by atoms with Gasteiger partial charge < -0.3 is 10.5 Å². The van der Waals surface area contributed by atoms with Crippen molar-refractivity contribution < 1.29 is 22.7 Å². The summed E-state index contributed by atoms with van der Waals surface area (Å²) < 4.78 is 39.8. The van der Waals surface area contributed by atoms with Gasteiger partial charge in [0.15, 0.2) is 0 Å². The number of esters is 1. The van der Waals surface area contributed by atoms with Crippen LogP contribution in [0.4, 0.5) is 18.9 Å². The van der Waals surface area contributed by atoms with E-state index in [2.05, 4.69) is 4.74 Å². The Hall–Kier alpha value is -0.890. The Morgan fingerprint density at radius 3 is 2.75 bits per heavy atom. The summed E-state index contributed by atoms with van der Waals surface area (Å²) in [6.45, 7) is -0.291. The van der Waals surface area contributed by atoms with E-state index in [9.17, 15) is 18.0 Å². The van der Waals surface area contributed by atoms with E-state index in [1.54, 1.807) is 5.38 Å². The molecule has 0 bridgehead atoms. The second-order valence-corrected chi connectivity index (χ2v) is 4.71. The fourth-order valence-electron chi connectivity index (χ4n) is 0.842. The van der Waals surface area contributed by atoms with Crippen LogP contribution in [-0.4, -0.2) is 23.8 Å². The number of carbonyl (C=O) groups is 1. The van der Waals surface area contributed by atoms with Gasteiger partial charge >= 0.3 is 11.5 Å². The lowest BCUT2D eigenvalue weighted by atomic mass is 10.4. The third kappa shape index (κ3) is 4.31. The van der Waals surface area contributed by atoms with Crippen LogP contribution >= 0.6 is 23.1 Å². The van der Waals surface area contributed by atoms with Crippen molar-refractivity contribution in [2.75, 3.05) is 18.1 Å². The minimum Gasteiger partial charge on any atom is -0.461 e. The molecule has 0 aliphatic carbocycles. The Morgan fingerprint density at radius 1 is 1.56 bits per heavy atom. The molecule has 8 heteroatoms. The van der Waals surface area contributed by atoms with Crippen LogP contribution in [0.25, 0.3) is 0 Å². The molecule has 0 saturated carbocycles. The van der Waals surface area contributed by atoms with Crippen LogP contribution in [0, 0.1) is 0 Å². The molecule has 1 heterocycles. The fourth-order valence-corrected chi connectivity index (χ4v) is 1.95. The normalized spacial score (nSPS) is 11.4. The van der Waals surface area contributed by atoms with E-state index in [1.165, 1.54) is 6.07 Å². The average Bonchev–Trinajstić information content (AvgIpc) is 2.57. The van der Waals surface area contributed by atoms with Gasteiger partial charge in [-0.25, -0.2) is 4.79 Å². The van der Waals surface area contributed by atoms with Crippen molar-refractivity contribution in [1.82, 2.24) is 0 Å². The molecular weight excluding hydrogens is 263 g/mol. The van der Waals surface area contributed by atoms with Gasteiger partial charge in [0.25, 0.3) is 0 Å². The maximum absolute atomic E-state index is 11.7. The minimum atomic E-state index is -4.30. The van der Waals surface area contributed by atoms with Gasteiger partial charge in [0.1, 0.15) is 11.5 Å². The van der Waals surface area contributed by atoms with Gasteiger partial charge in [-0.15, -0.1) is 11.3 Å². The fraction of sp³-hybridized carbons (Fsp3) is 0.375. The van der Waals surface area contributed by atoms with E-state index in [0.29, 0.717) is 0 Å². The quantitative estimate of drug-likeness (QED) is 0.675. The molecule has 0 radical (unpaired) electrons. The second kappa shape index (κ2) is 5.44. The highest BCUT2D eigenvalue weighted by atomic mass is 32.2. The highest BCUT2D eigenvalue weighted by molar-refractivity contribution is 8.00. The van der Waals surface area contributed by atoms with Crippen molar-refractivity contribution in [2.45, 2.75) is 5.51 Å². The average molecular weight is 271 g/mol. The molecule has 0 fully saturated rings. The summed E-state index contributed by atoms with van der Waals surface area (Å²) in [5.74, 6) is -1.00. The second-order valence-electron chi connectivity index (χ2n) is 2.64. The molecule has 0 atom stereocenters. The summed E-state index contributed by atoms with van der Waals surface area (Å²) in [4.78, 5) is 11.5. The van der Waals surface area contributed by atoms with Crippen molar-refractivity contribution in [3.63, 3.8) is 0 Å². The number of anilines is 1. The number of carbonyl (C=O) groups excluding carboxylic acids is 1. The van der Waals surface area contributed by atoms with E-state index in [-0.39, 0.29) is 34.7 Å². The first-order valence-corrected chi connectivity index (χ1v) is 5.97. The SMILES string of the molecule is Nc1ccsc1C(=O)OCCSC(F)(F)F. The monoisotopic (exact) mass is 271 g/mol. The number of hydrogen-bond donors (Lipinski definition) is 1. The Morgan fingerprint density at radius 2 is 2.25 bits per heavy atom. The highest BCUT2D eigenvalue weighted by Gasteiger charge is 2.27. The smallest absolute Gasteiger partial charge is 0.441 e. The molecule has 1 rings (SSSR count). The number of nitrogen functional groups attached to an aromatic ring is 1. The van der Waals surface area contributed by atoms with Crippen molar-refractivity contribution in [2.24, 2.45) is 0 Å². The number of halogens is 3. The Labute approximate surface area is 97.8 Å².